The first kappa shape index (κ1) is 13.4. The predicted octanol–water partition coefficient (Wildman–Crippen LogP) is 0.558. The molecule has 1 aromatic carbocycles. The molecule has 1 aromatic rings. The number of aryl methyl sites for hydroxylation is 1. The second-order valence-corrected chi connectivity index (χ2v) is 5.08. The van der Waals surface area contributed by atoms with Crippen LogP contribution in [0.5, 0.6) is 0 Å². The average Bonchev–Trinajstić information content (AvgIpc) is 2.24. The zero-order valence-electron chi connectivity index (χ0n) is 9.43. The lowest BCUT2D eigenvalue weighted by Gasteiger charge is -2.07. The van der Waals surface area contributed by atoms with Crippen molar-refractivity contribution in [3.05, 3.63) is 42.0 Å². The summed E-state index contributed by atoms with van der Waals surface area (Å²) in [6, 6.07) is 4.12. The minimum absolute atomic E-state index is 0.00438. The van der Waals surface area contributed by atoms with E-state index in [1.807, 2.05) is 0 Å². The highest BCUT2D eigenvalue weighted by Crippen LogP contribution is 2.14. The van der Waals surface area contributed by atoms with Gasteiger partial charge in [0.1, 0.15) is 0 Å². The Bertz CT molecular complexity index is 550. The fraction of sp³-hybridized carbons (Fsp3) is 0.182. The third kappa shape index (κ3) is 3.40. The maximum Gasteiger partial charge on any atom is 0.251 e. The smallest absolute Gasteiger partial charge is 0.251 e. The Labute approximate surface area is 100 Å². The molecule has 0 aliphatic rings. The molecule has 0 fully saturated rings. The molecule has 6 heteroatoms. The van der Waals surface area contributed by atoms with Crippen LogP contribution >= 0.6 is 0 Å². The summed E-state index contributed by atoms with van der Waals surface area (Å²) >= 11 is 0. The number of benzene rings is 1. The summed E-state index contributed by atoms with van der Waals surface area (Å²) < 4.78 is 22.2. The number of primary sulfonamides is 1. The van der Waals surface area contributed by atoms with E-state index in [9.17, 15) is 13.2 Å². The van der Waals surface area contributed by atoms with Crippen LogP contribution in [0.15, 0.2) is 35.7 Å². The summed E-state index contributed by atoms with van der Waals surface area (Å²) in [5.41, 5.74) is 0.970. The number of amides is 1. The van der Waals surface area contributed by atoms with Crippen molar-refractivity contribution >= 4 is 15.9 Å². The van der Waals surface area contributed by atoms with Gasteiger partial charge >= 0.3 is 0 Å². The van der Waals surface area contributed by atoms with Crippen LogP contribution in [-0.4, -0.2) is 20.9 Å². The highest BCUT2D eigenvalue weighted by molar-refractivity contribution is 7.89. The molecular formula is C11H14N2O3S. The Morgan fingerprint density at radius 1 is 1.53 bits per heavy atom. The molecule has 0 unspecified atom stereocenters. The quantitative estimate of drug-likeness (QED) is 0.769. The molecule has 0 aliphatic carbocycles. The minimum atomic E-state index is -3.73. The van der Waals surface area contributed by atoms with Crippen molar-refractivity contribution < 1.29 is 13.2 Å². The average molecular weight is 254 g/mol. The molecule has 0 aliphatic heterocycles. The first-order chi connectivity index (χ1) is 7.86. The van der Waals surface area contributed by atoms with Gasteiger partial charge in [0.2, 0.25) is 10.0 Å². The Kier molecular flexibility index (Phi) is 4.03. The summed E-state index contributed by atoms with van der Waals surface area (Å²) in [6.07, 6.45) is 1.56. The number of rotatable bonds is 4. The monoisotopic (exact) mass is 254 g/mol. The van der Waals surface area contributed by atoms with Crippen molar-refractivity contribution in [3.8, 4) is 0 Å². The number of hydrogen-bond acceptors (Lipinski definition) is 3. The van der Waals surface area contributed by atoms with Crippen LogP contribution in [0.3, 0.4) is 0 Å². The number of hydrogen-bond donors (Lipinski definition) is 2. The van der Waals surface area contributed by atoms with Crippen molar-refractivity contribution in [3.63, 3.8) is 0 Å². The minimum Gasteiger partial charge on any atom is -0.349 e. The molecule has 0 radical (unpaired) electrons. The summed E-state index contributed by atoms with van der Waals surface area (Å²) in [5.74, 6) is -0.275. The Morgan fingerprint density at radius 2 is 2.18 bits per heavy atom. The molecule has 3 N–H and O–H groups in total. The standard InChI is InChI=1S/C11H14N2O3S/c1-3-6-13-11(14)10-5-4-9(7-8(10)2)17(12,15)16/h3-5,7H,1,6H2,2H3,(H,13,14)(H2,12,15,16). The van der Waals surface area contributed by atoms with Crippen LogP contribution in [0, 0.1) is 6.92 Å². The Hall–Kier alpha value is -1.66. The van der Waals surface area contributed by atoms with E-state index in [4.69, 9.17) is 5.14 Å². The zero-order valence-corrected chi connectivity index (χ0v) is 10.3. The molecule has 0 atom stereocenters. The van der Waals surface area contributed by atoms with Gasteiger partial charge in [-0.15, -0.1) is 6.58 Å². The second kappa shape index (κ2) is 5.11. The van der Waals surface area contributed by atoms with Gasteiger partial charge in [-0.3, -0.25) is 4.79 Å². The number of nitrogens with one attached hydrogen (secondary N) is 1. The van der Waals surface area contributed by atoms with Gasteiger partial charge in [0, 0.05) is 12.1 Å². The van der Waals surface area contributed by atoms with E-state index in [0.29, 0.717) is 17.7 Å². The van der Waals surface area contributed by atoms with Crippen LogP contribution in [0.2, 0.25) is 0 Å². The van der Waals surface area contributed by atoms with E-state index in [0.717, 1.165) is 0 Å². The molecule has 1 amide bonds. The van der Waals surface area contributed by atoms with E-state index >= 15 is 0 Å². The van der Waals surface area contributed by atoms with Gasteiger partial charge in [0.05, 0.1) is 4.90 Å². The van der Waals surface area contributed by atoms with E-state index in [1.165, 1.54) is 18.2 Å². The van der Waals surface area contributed by atoms with Crippen molar-refractivity contribution in [2.24, 2.45) is 5.14 Å². The topological polar surface area (TPSA) is 89.3 Å². The van der Waals surface area contributed by atoms with Gasteiger partial charge in [-0.05, 0) is 30.7 Å². The summed E-state index contributed by atoms with van der Waals surface area (Å²) in [7, 11) is -3.73. The largest absolute Gasteiger partial charge is 0.349 e. The lowest BCUT2D eigenvalue weighted by atomic mass is 10.1. The number of carbonyl (C=O) groups is 1. The molecule has 1 rings (SSSR count). The maximum atomic E-state index is 11.6. The lowest BCUT2D eigenvalue weighted by molar-refractivity contribution is 0.0957. The van der Waals surface area contributed by atoms with Gasteiger partial charge in [0.25, 0.3) is 5.91 Å². The van der Waals surface area contributed by atoms with Gasteiger partial charge < -0.3 is 5.32 Å². The molecular weight excluding hydrogens is 240 g/mol. The van der Waals surface area contributed by atoms with Crippen molar-refractivity contribution in [2.75, 3.05) is 6.54 Å². The molecule has 17 heavy (non-hydrogen) atoms. The van der Waals surface area contributed by atoms with E-state index in [2.05, 4.69) is 11.9 Å². The zero-order chi connectivity index (χ0) is 13.1. The molecule has 0 bridgehead atoms. The summed E-state index contributed by atoms with van der Waals surface area (Å²) in [4.78, 5) is 11.6. The normalized spacial score (nSPS) is 10.9. The highest BCUT2D eigenvalue weighted by Gasteiger charge is 2.13. The third-order valence-corrected chi connectivity index (χ3v) is 3.09. The maximum absolute atomic E-state index is 11.6. The Balaban J connectivity index is 3.06. The van der Waals surface area contributed by atoms with Gasteiger partial charge in [-0.25, -0.2) is 13.6 Å². The van der Waals surface area contributed by atoms with Gasteiger partial charge in [0.15, 0.2) is 0 Å². The van der Waals surface area contributed by atoms with Crippen LogP contribution in [0.1, 0.15) is 15.9 Å². The van der Waals surface area contributed by atoms with Gasteiger partial charge in [-0.2, -0.15) is 0 Å². The highest BCUT2D eigenvalue weighted by atomic mass is 32.2. The second-order valence-electron chi connectivity index (χ2n) is 3.52. The number of nitrogens with two attached hydrogens (primary N) is 1. The molecule has 0 heterocycles. The Morgan fingerprint density at radius 3 is 2.65 bits per heavy atom. The fourth-order valence-corrected chi connectivity index (χ4v) is 1.93. The van der Waals surface area contributed by atoms with E-state index < -0.39 is 10.0 Å². The molecule has 0 spiro atoms. The van der Waals surface area contributed by atoms with Crippen LogP contribution in [0.25, 0.3) is 0 Å². The van der Waals surface area contributed by atoms with Crippen LogP contribution in [0.4, 0.5) is 0 Å². The molecule has 5 nitrogen and oxygen atoms in total. The van der Waals surface area contributed by atoms with Gasteiger partial charge in [-0.1, -0.05) is 6.08 Å². The van der Waals surface area contributed by atoms with Crippen LogP contribution < -0.4 is 10.5 Å². The number of sulfonamides is 1. The first-order valence-corrected chi connectivity index (χ1v) is 6.43. The van der Waals surface area contributed by atoms with Crippen molar-refractivity contribution in [2.45, 2.75) is 11.8 Å². The molecule has 92 valence electrons. The predicted molar refractivity (Wildman–Crippen MR) is 65.1 cm³/mol. The van der Waals surface area contributed by atoms with Crippen LogP contribution in [-0.2, 0) is 10.0 Å². The summed E-state index contributed by atoms with van der Waals surface area (Å²) in [6.45, 7) is 5.49. The SMILES string of the molecule is C=CCNC(=O)c1ccc(S(N)(=O)=O)cc1C. The third-order valence-electron chi connectivity index (χ3n) is 2.18. The van der Waals surface area contributed by atoms with Crippen molar-refractivity contribution in [1.82, 2.24) is 5.32 Å². The summed E-state index contributed by atoms with van der Waals surface area (Å²) in [5, 5.41) is 7.60. The van der Waals surface area contributed by atoms with E-state index in [1.54, 1.807) is 13.0 Å². The fourth-order valence-electron chi connectivity index (χ4n) is 1.33. The molecule has 0 saturated heterocycles. The number of carbonyl (C=O) groups excluding carboxylic acids is 1. The lowest BCUT2D eigenvalue weighted by Crippen LogP contribution is -2.24. The van der Waals surface area contributed by atoms with E-state index in [-0.39, 0.29) is 10.8 Å². The van der Waals surface area contributed by atoms with Crippen molar-refractivity contribution in [1.29, 1.82) is 0 Å². The molecule has 0 saturated carbocycles. The molecule has 0 aromatic heterocycles. The first-order valence-electron chi connectivity index (χ1n) is 4.89.